The van der Waals surface area contributed by atoms with Gasteiger partial charge in [0.1, 0.15) is 5.49 Å². The Morgan fingerprint density at radius 1 is 0.963 bits per heavy atom. The molecule has 3 rings (SSSR count). The van der Waals surface area contributed by atoms with Crippen molar-refractivity contribution in [2.75, 3.05) is 0 Å². The van der Waals surface area contributed by atoms with E-state index in [0.717, 1.165) is 17.7 Å². The molecule has 0 N–H and O–H groups in total. The predicted molar refractivity (Wildman–Crippen MR) is 85.6 cm³/mol. The number of nitrogens with zero attached hydrogens (tertiary/aromatic N) is 4. The van der Waals surface area contributed by atoms with E-state index in [1.165, 1.54) is 29.0 Å². The number of rotatable bonds is 2. The van der Waals surface area contributed by atoms with Crippen molar-refractivity contribution in [3.8, 4) is 5.69 Å². The van der Waals surface area contributed by atoms with Crippen LogP contribution in [0.5, 0.6) is 0 Å². The van der Waals surface area contributed by atoms with Crippen LogP contribution >= 0.6 is 11.3 Å². The molecule has 11 heteroatoms. The summed E-state index contributed by atoms with van der Waals surface area (Å²) in [6, 6.07) is 7.65. The van der Waals surface area contributed by atoms with Gasteiger partial charge in [-0.2, -0.15) is 31.3 Å². The van der Waals surface area contributed by atoms with Crippen molar-refractivity contribution < 1.29 is 26.3 Å². The highest BCUT2D eigenvalue weighted by atomic mass is 32.1. The Hall–Kier alpha value is -2.69. The minimum Gasteiger partial charge on any atom is -0.301 e. The molecule has 0 saturated carbocycles. The van der Waals surface area contributed by atoms with E-state index in [-0.39, 0.29) is 27.6 Å². The van der Waals surface area contributed by atoms with Gasteiger partial charge in [0.05, 0.1) is 5.56 Å². The van der Waals surface area contributed by atoms with E-state index in [9.17, 15) is 26.3 Å². The molecule has 0 fully saturated rings. The van der Waals surface area contributed by atoms with E-state index in [2.05, 4.69) is 15.2 Å². The molecule has 2 aromatic heterocycles. The number of halogens is 6. The number of alkyl halides is 6. The van der Waals surface area contributed by atoms with E-state index in [0.29, 0.717) is 0 Å². The number of aryl methyl sites for hydroxylation is 1. The standard InChI is InChI=1S/C16H10F6N4S/c1-9-5-6-12(23-14-25-24-13(27-14)16(20,21)22)26(8-9)11-4-2-3-10(7-11)15(17,18)19/h2-8H,1H3/b23-12-. The lowest BCUT2D eigenvalue weighted by Crippen LogP contribution is -2.19. The molecule has 0 spiro atoms. The first-order valence-electron chi connectivity index (χ1n) is 7.36. The molecule has 0 bridgehead atoms. The highest BCUT2D eigenvalue weighted by Gasteiger charge is 2.35. The van der Waals surface area contributed by atoms with E-state index < -0.39 is 22.9 Å². The molecule has 0 aliphatic rings. The molecule has 3 aromatic rings. The first-order chi connectivity index (χ1) is 12.5. The lowest BCUT2D eigenvalue weighted by Gasteiger charge is -2.12. The van der Waals surface area contributed by atoms with Crippen LogP contribution in [-0.4, -0.2) is 14.8 Å². The van der Waals surface area contributed by atoms with Gasteiger partial charge in [-0.1, -0.05) is 23.5 Å². The van der Waals surface area contributed by atoms with Gasteiger partial charge in [-0.15, -0.1) is 10.2 Å². The van der Waals surface area contributed by atoms with Gasteiger partial charge in [0, 0.05) is 11.9 Å². The molecule has 27 heavy (non-hydrogen) atoms. The average Bonchev–Trinajstić information content (AvgIpc) is 3.05. The fourth-order valence-electron chi connectivity index (χ4n) is 2.20. The quantitative estimate of drug-likeness (QED) is 0.570. The van der Waals surface area contributed by atoms with Crippen LogP contribution in [0, 0.1) is 6.92 Å². The third-order valence-corrected chi connectivity index (χ3v) is 4.26. The smallest absolute Gasteiger partial charge is 0.301 e. The van der Waals surface area contributed by atoms with Crippen LogP contribution in [0.3, 0.4) is 0 Å². The lowest BCUT2D eigenvalue weighted by atomic mass is 10.2. The van der Waals surface area contributed by atoms with Gasteiger partial charge in [0.2, 0.25) is 10.1 Å². The second kappa shape index (κ2) is 6.80. The van der Waals surface area contributed by atoms with Crippen molar-refractivity contribution in [2.24, 2.45) is 4.99 Å². The van der Waals surface area contributed by atoms with E-state index in [4.69, 9.17) is 0 Å². The lowest BCUT2D eigenvalue weighted by molar-refractivity contribution is -0.138. The van der Waals surface area contributed by atoms with Gasteiger partial charge in [-0.3, -0.25) is 0 Å². The molecule has 0 aliphatic carbocycles. The maximum atomic E-state index is 13.0. The van der Waals surface area contributed by atoms with Crippen molar-refractivity contribution in [2.45, 2.75) is 19.3 Å². The highest BCUT2D eigenvalue weighted by molar-refractivity contribution is 7.15. The average molecular weight is 404 g/mol. The SMILES string of the molecule is Cc1cc/c(=N/c2nnc(C(F)(F)F)s2)n(-c2cccc(C(F)(F)F)c2)c1. The summed E-state index contributed by atoms with van der Waals surface area (Å²) in [7, 11) is 0. The monoisotopic (exact) mass is 404 g/mol. The fraction of sp³-hybridized carbons (Fsp3) is 0.188. The topological polar surface area (TPSA) is 43.1 Å². The number of aromatic nitrogens is 3. The van der Waals surface area contributed by atoms with Crippen LogP contribution in [0.1, 0.15) is 16.1 Å². The van der Waals surface area contributed by atoms with Crippen molar-refractivity contribution in [1.29, 1.82) is 0 Å². The molecule has 0 radical (unpaired) electrons. The zero-order valence-corrected chi connectivity index (χ0v) is 14.3. The van der Waals surface area contributed by atoms with Crippen molar-refractivity contribution >= 4 is 16.5 Å². The Kier molecular flexibility index (Phi) is 4.81. The van der Waals surface area contributed by atoms with Crippen LogP contribution in [0.4, 0.5) is 31.5 Å². The zero-order valence-electron chi connectivity index (χ0n) is 13.5. The molecule has 142 valence electrons. The van der Waals surface area contributed by atoms with E-state index in [1.54, 1.807) is 13.0 Å². The van der Waals surface area contributed by atoms with Crippen molar-refractivity contribution in [3.05, 3.63) is 64.2 Å². The van der Waals surface area contributed by atoms with Gasteiger partial charge in [0.25, 0.3) is 0 Å². The molecule has 0 atom stereocenters. The van der Waals surface area contributed by atoms with Gasteiger partial charge in [0.15, 0.2) is 0 Å². The van der Waals surface area contributed by atoms with Gasteiger partial charge in [-0.25, -0.2) is 0 Å². The third kappa shape index (κ3) is 4.35. The molecule has 0 aliphatic heterocycles. The second-order valence-corrected chi connectivity index (χ2v) is 6.44. The molecule has 2 heterocycles. The molecular formula is C16H10F6N4S. The molecule has 0 saturated heterocycles. The molecule has 0 amide bonds. The Labute approximate surface area is 152 Å². The summed E-state index contributed by atoms with van der Waals surface area (Å²) >= 11 is 0.243. The normalized spacial score (nSPS) is 13.2. The molecule has 4 nitrogen and oxygen atoms in total. The van der Waals surface area contributed by atoms with Crippen LogP contribution < -0.4 is 5.49 Å². The summed E-state index contributed by atoms with van der Waals surface area (Å²) in [4.78, 5) is 4.01. The summed E-state index contributed by atoms with van der Waals surface area (Å²) in [5.41, 5.74) is 0.146. The molecular weight excluding hydrogens is 394 g/mol. The number of benzene rings is 1. The maximum Gasteiger partial charge on any atom is 0.445 e. The van der Waals surface area contributed by atoms with Gasteiger partial charge < -0.3 is 4.57 Å². The van der Waals surface area contributed by atoms with Crippen LogP contribution in [-0.2, 0) is 12.4 Å². The van der Waals surface area contributed by atoms with E-state index >= 15 is 0 Å². The third-order valence-electron chi connectivity index (χ3n) is 3.39. The summed E-state index contributed by atoms with van der Waals surface area (Å²) in [6.07, 6.45) is -7.64. The number of hydrogen-bond donors (Lipinski definition) is 0. The molecule has 0 unspecified atom stereocenters. The van der Waals surface area contributed by atoms with Crippen LogP contribution in [0.2, 0.25) is 0 Å². The van der Waals surface area contributed by atoms with Crippen LogP contribution in [0.25, 0.3) is 5.69 Å². The summed E-state index contributed by atoms with van der Waals surface area (Å²) in [5.74, 6) is 0. The highest BCUT2D eigenvalue weighted by Crippen LogP contribution is 2.34. The number of hydrogen-bond acceptors (Lipinski definition) is 4. The number of pyridine rings is 1. The largest absolute Gasteiger partial charge is 0.445 e. The van der Waals surface area contributed by atoms with Gasteiger partial charge >= 0.3 is 12.4 Å². The Bertz CT molecular complexity index is 1030. The first-order valence-corrected chi connectivity index (χ1v) is 8.18. The summed E-state index contributed by atoms with van der Waals surface area (Å²) in [6.45, 7) is 1.72. The zero-order chi connectivity index (χ0) is 19.8. The van der Waals surface area contributed by atoms with Gasteiger partial charge in [-0.05, 0) is 36.8 Å². The Morgan fingerprint density at radius 3 is 2.33 bits per heavy atom. The first kappa shape index (κ1) is 19.1. The predicted octanol–water partition coefficient (Wildman–Crippen LogP) is 4.91. The Morgan fingerprint density at radius 2 is 1.70 bits per heavy atom. The molecule has 1 aromatic carbocycles. The Balaban J connectivity index is 2.13. The maximum absolute atomic E-state index is 13.0. The van der Waals surface area contributed by atoms with E-state index in [1.807, 2.05) is 0 Å². The second-order valence-electron chi connectivity index (χ2n) is 5.48. The fourth-order valence-corrected chi connectivity index (χ4v) is 2.79. The summed E-state index contributed by atoms with van der Waals surface area (Å²) in [5, 5.41) is 5.01. The minimum atomic E-state index is -4.64. The summed E-state index contributed by atoms with van der Waals surface area (Å²) < 4.78 is 78.2. The van der Waals surface area contributed by atoms with Crippen molar-refractivity contribution in [3.63, 3.8) is 0 Å². The van der Waals surface area contributed by atoms with Crippen molar-refractivity contribution in [1.82, 2.24) is 14.8 Å². The van der Waals surface area contributed by atoms with Crippen LogP contribution in [0.15, 0.2) is 47.6 Å². The minimum absolute atomic E-state index is 0.116.